The van der Waals surface area contributed by atoms with E-state index in [0.717, 1.165) is 16.7 Å². The molecule has 0 bridgehead atoms. The minimum Gasteiger partial charge on any atom is -0.292 e. The number of aryl methyl sites for hydroxylation is 3. The fourth-order valence-corrected chi connectivity index (χ4v) is 1.70. The number of ketones is 1. The third-order valence-corrected chi connectivity index (χ3v) is 3.26. The van der Waals surface area contributed by atoms with E-state index in [1.807, 2.05) is 32.9 Å². The highest BCUT2D eigenvalue weighted by atomic mass is 35.5. The second-order valence-electron chi connectivity index (χ2n) is 3.99. The molecule has 1 unspecified atom stereocenters. The maximum atomic E-state index is 11.9. The normalized spacial score (nSPS) is 12.6. The van der Waals surface area contributed by atoms with Gasteiger partial charge in [0.15, 0.2) is 5.78 Å². The highest BCUT2D eigenvalue weighted by Gasteiger charge is 2.17. The molecule has 0 N–H and O–H groups in total. The maximum absolute atomic E-state index is 11.9. The highest BCUT2D eigenvalue weighted by Crippen LogP contribution is 2.19. The third kappa shape index (κ3) is 2.60. The lowest BCUT2D eigenvalue weighted by molar-refractivity contribution is 0.0985. The summed E-state index contributed by atoms with van der Waals surface area (Å²) < 4.78 is 0. The van der Waals surface area contributed by atoms with E-state index >= 15 is 0 Å². The van der Waals surface area contributed by atoms with Crippen LogP contribution in [0.3, 0.4) is 0 Å². The SMILES string of the molecule is CCC(Cl)C(=O)c1cc(C)c(C)cc1C. The van der Waals surface area contributed by atoms with E-state index in [1.165, 1.54) is 5.56 Å². The molecule has 1 aromatic rings. The summed E-state index contributed by atoms with van der Waals surface area (Å²) in [5, 5.41) is -0.397. The monoisotopic (exact) mass is 224 g/mol. The largest absolute Gasteiger partial charge is 0.292 e. The average Bonchev–Trinajstić information content (AvgIpc) is 2.21. The standard InChI is InChI=1S/C13H17ClO/c1-5-12(14)13(15)11-7-9(3)8(2)6-10(11)4/h6-7,12H,5H2,1-4H3. The van der Waals surface area contributed by atoms with E-state index in [9.17, 15) is 4.79 Å². The number of carbonyl (C=O) groups excluding carboxylic acids is 1. The lowest BCUT2D eigenvalue weighted by Crippen LogP contribution is -2.15. The number of alkyl halides is 1. The molecule has 1 atom stereocenters. The van der Waals surface area contributed by atoms with Crippen molar-refractivity contribution in [3.05, 3.63) is 34.4 Å². The molecule has 0 saturated heterocycles. The summed E-state index contributed by atoms with van der Waals surface area (Å²) in [6, 6.07) is 3.99. The molecular formula is C13H17ClO. The molecule has 0 fully saturated rings. The Hall–Kier alpha value is -0.820. The van der Waals surface area contributed by atoms with Gasteiger partial charge in [-0.3, -0.25) is 4.79 Å². The Kier molecular flexibility index (Phi) is 3.92. The fourth-order valence-electron chi connectivity index (χ4n) is 1.58. The zero-order valence-electron chi connectivity index (χ0n) is 9.73. The molecule has 0 amide bonds. The van der Waals surface area contributed by atoms with Crippen LogP contribution in [0.4, 0.5) is 0 Å². The summed E-state index contributed by atoms with van der Waals surface area (Å²) in [6.45, 7) is 7.94. The number of carbonyl (C=O) groups is 1. The molecule has 0 aromatic heterocycles. The van der Waals surface area contributed by atoms with Gasteiger partial charge in [-0.2, -0.15) is 0 Å². The van der Waals surface area contributed by atoms with Crippen molar-refractivity contribution in [2.75, 3.05) is 0 Å². The molecule has 0 aliphatic heterocycles. The Balaban J connectivity index is 3.15. The van der Waals surface area contributed by atoms with E-state index in [4.69, 9.17) is 11.6 Å². The molecule has 0 spiro atoms. The molecule has 15 heavy (non-hydrogen) atoms. The molecule has 1 aromatic carbocycles. The molecular weight excluding hydrogens is 208 g/mol. The second kappa shape index (κ2) is 4.80. The van der Waals surface area contributed by atoms with E-state index < -0.39 is 5.38 Å². The Morgan fingerprint density at radius 3 is 2.27 bits per heavy atom. The van der Waals surface area contributed by atoms with Crippen LogP contribution < -0.4 is 0 Å². The van der Waals surface area contributed by atoms with E-state index in [1.54, 1.807) is 0 Å². The van der Waals surface area contributed by atoms with Gasteiger partial charge in [-0.05, 0) is 49.9 Å². The van der Waals surface area contributed by atoms with Crippen molar-refractivity contribution < 1.29 is 4.79 Å². The summed E-state index contributed by atoms with van der Waals surface area (Å²) in [6.07, 6.45) is 0.673. The van der Waals surface area contributed by atoms with Gasteiger partial charge in [0.1, 0.15) is 0 Å². The second-order valence-corrected chi connectivity index (χ2v) is 4.52. The fraction of sp³-hybridized carbons (Fsp3) is 0.462. The predicted octanol–water partition coefficient (Wildman–Crippen LogP) is 3.81. The van der Waals surface area contributed by atoms with Crippen molar-refractivity contribution in [3.8, 4) is 0 Å². The van der Waals surface area contributed by atoms with Gasteiger partial charge in [0.25, 0.3) is 0 Å². The molecule has 0 heterocycles. The molecule has 0 radical (unpaired) electrons. The maximum Gasteiger partial charge on any atom is 0.180 e. The van der Waals surface area contributed by atoms with Crippen molar-refractivity contribution in [1.82, 2.24) is 0 Å². The highest BCUT2D eigenvalue weighted by molar-refractivity contribution is 6.34. The van der Waals surface area contributed by atoms with Crippen LogP contribution in [-0.4, -0.2) is 11.2 Å². The van der Waals surface area contributed by atoms with Crippen LogP contribution >= 0.6 is 11.6 Å². The van der Waals surface area contributed by atoms with Gasteiger partial charge < -0.3 is 0 Å². The zero-order valence-corrected chi connectivity index (χ0v) is 10.5. The lowest BCUT2D eigenvalue weighted by atomic mass is 9.96. The Morgan fingerprint density at radius 2 is 1.73 bits per heavy atom. The molecule has 0 saturated carbocycles. The van der Waals surface area contributed by atoms with Crippen LogP contribution in [0.2, 0.25) is 0 Å². The Bertz CT molecular complexity index is 382. The minimum absolute atomic E-state index is 0.0415. The quantitative estimate of drug-likeness (QED) is 0.564. The van der Waals surface area contributed by atoms with Crippen molar-refractivity contribution in [2.45, 2.75) is 39.5 Å². The van der Waals surface area contributed by atoms with Crippen LogP contribution in [0.15, 0.2) is 12.1 Å². The van der Waals surface area contributed by atoms with Gasteiger partial charge in [0.2, 0.25) is 0 Å². The first-order valence-corrected chi connectivity index (χ1v) is 5.67. The van der Waals surface area contributed by atoms with Gasteiger partial charge in [0.05, 0.1) is 5.38 Å². The first kappa shape index (κ1) is 12.3. The summed E-state index contributed by atoms with van der Waals surface area (Å²) in [4.78, 5) is 11.9. The molecule has 0 aliphatic rings. The lowest BCUT2D eigenvalue weighted by Gasteiger charge is -2.11. The van der Waals surface area contributed by atoms with Crippen LogP contribution in [0.25, 0.3) is 0 Å². The number of hydrogen-bond acceptors (Lipinski definition) is 1. The van der Waals surface area contributed by atoms with Crippen LogP contribution in [0, 0.1) is 20.8 Å². The number of rotatable bonds is 3. The summed E-state index contributed by atoms with van der Waals surface area (Å²) in [5.41, 5.74) is 4.14. The smallest absolute Gasteiger partial charge is 0.180 e. The molecule has 0 aliphatic carbocycles. The summed E-state index contributed by atoms with van der Waals surface area (Å²) in [7, 11) is 0. The van der Waals surface area contributed by atoms with E-state index in [2.05, 4.69) is 6.92 Å². The average molecular weight is 225 g/mol. The molecule has 2 heteroatoms. The summed E-state index contributed by atoms with van der Waals surface area (Å²) >= 11 is 5.96. The third-order valence-electron chi connectivity index (χ3n) is 2.75. The first-order valence-electron chi connectivity index (χ1n) is 5.23. The van der Waals surface area contributed by atoms with Crippen molar-refractivity contribution in [3.63, 3.8) is 0 Å². The topological polar surface area (TPSA) is 17.1 Å². The van der Waals surface area contributed by atoms with Crippen LogP contribution in [0.5, 0.6) is 0 Å². The van der Waals surface area contributed by atoms with Gasteiger partial charge in [-0.15, -0.1) is 11.6 Å². The zero-order chi connectivity index (χ0) is 11.6. The number of Topliss-reactive ketones (excluding diaryl/α,β-unsaturated/α-hetero) is 1. The predicted molar refractivity (Wildman–Crippen MR) is 64.9 cm³/mol. The number of halogens is 1. The first-order chi connectivity index (χ1) is 6.97. The van der Waals surface area contributed by atoms with E-state index in [-0.39, 0.29) is 5.78 Å². The number of hydrogen-bond donors (Lipinski definition) is 0. The van der Waals surface area contributed by atoms with Crippen molar-refractivity contribution in [2.24, 2.45) is 0 Å². The molecule has 82 valence electrons. The summed E-state index contributed by atoms with van der Waals surface area (Å²) in [5.74, 6) is 0.0415. The van der Waals surface area contributed by atoms with Gasteiger partial charge in [-0.25, -0.2) is 0 Å². The van der Waals surface area contributed by atoms with E-state index in [0.29, 0.717) is 6.42 Å². The Morgan fingerprint density at radius 1 is 1.20 bits per heavy atom. The Labute approximate surface area is 96.5 Å². The van der Waals surface area contributed by atoms with Gasteiger partial charge in [0, 0.05) is 5.56 Å². The van der Waals surface area contributed by atoms with Gasteiger partial charge in [-0.1, -0.05) is 13.0 Å². The minimum atomic E-state index is -0.397. The van der Waals surface area contributed by atoms with Crippen LogP contribution in [-0.2, 0) is 0 Å². The molecule has 1 nitrogen and oxygen atoms in total. The van der Waals surface area contributed by atoms with Crippen molar-refractivity contribution in [1.29, 1.82) is 0 Å². The van der Waals surface area contributed by atoms with Crippen molar-refractivity contribution >= 4 is 17.4 Å². The van der Waals surface area contributed by atoms with Crippen LogP contribution in [0.1, 0.15) is 40.4 Å². The molecule has 1 rings (SSSR count). The number of benzene rings is 1. The van der Waals surface area contributed by atoms with Gasteiger partial charge >= 0.3 is 0 Å².